The van der Waals surface area contributed by atoms with Crippen molar-refractivity contribution in [3.63, 3.8) is 0 Å². The summed E-state index contributed by atoms with van der Waals surface area (Å²) in [5.41, 5.74) is 0. The minimum absolute atomic E-state index is 0.515. The Hall–Kier alpha value is -0.910. The first kappa shape index (κ1) is 15.0. The number of imidazole rings is 1. The van der Waals surface area contributed by atoms with E-state index in [0.29, 0.717) is 12.1 Å². The SMILES string of the molecule is CCCNC(Cc1nccn1CC)C1CN2CCN1CC2. The van der Waals surface area contributed by atoms with Gasteiger partial charge >= 0.3 is 0 Å². The van der Waals surface area contributed by atoms with Crippen LogP contribution in [0, 0.1) is 0 Å². The van der Waals surface area contributed by atoms with E-state index in [0.717, 1.165) is 19.5 Å². The van der Waals surface area contributed by atoms with Crippen molar-refractivity contribution in [2.45, 2.75) is 45.3 Å². The van der Waals surface area contributed by atoms with Crippen molar-refractivity contribution < 1.29 is 0 Å². The Morgan fingerprint density at radius 1 is 1.29 bits per heavy atom. The predicted molar refractivity (Wildman–Crippen MR) is 85.5 cm³/mol. The molecular formula is C16H29N5. The Labute approximate surface area is 128 Å². The van der Waals surface area contributed by atoms with Gasteiger partial charge in [-0.25, -0.2) is 4.98 Å². The number of nitrogens with zero attached hydrogens (tertiary/aromatic N) is 4. The molecule has 3 aliphatic rings. The number of fused-ring (bicyclic) bond motifs is 3. The van der Waals surface area contributed by atoms with Crippen LogP contribution in [-0.2, 0) is 13.0 Å². The minimum Gasteiger partial charge on any atom is -0.335 e. The molecule has 4 heterocycles. The summed E-state index contributed by atoms with van der Waals surface area (Å²) in [6, 6.07) is 1.15. The van der Waals surface area contributed by atoms with Gasteiger partial charge in [-0.05, 0) is 19.9 Å². The van der Waals surface area contributed by atoms with E-state index in [9.17, 15) is 0 Å². The first-order chi connectivity index (χ1) is 10.3. The maximum Gasteiger partial charge on any atom is 0.110 e. The van der Waals surface area contributed by atoms with Crippen LogP contribution in [0.1, 0.15) is 26.1 Å². The van der Waals surface area contributed by atoms with Gasteiger partial charge in [-0.3, -0.25) is 9.80 Å². The van der Waals surface area contributed by atoms with Gasteiger partial charge in [-0.1, -0.05) is 6.92 Å². The van der Waals surface area contributed by atoms with E-state index in [1.54, 1.807) is 0 Å². The van der Waals surface area contributed by atoms with Crippen molar-refractivity contribution >= 4 is 0 Å². The second-order valence-corrected chi connectivity index (χ2v) is 6.30. The van der Waals surface area contributed by atoms with Gasteiger partial charge in [0, 0.05) is 70.2 Å². The van der Waals surface area contributed by atoms with Crippen molar-refractivity contribution in [1.82, 2.24) is 24.7 Å². The molecule has 2 unspecified atom stereocenters. The molecule has 0 aliphatic carbocycles. The number of aromatic nitrogens is 2. The van der Waals surface area contributed by atoms with Gasteiger partial charge < -0.3 is 9.88 Å². The summed E-state index contributed by atoms with van der Waals surface area (Å²) in [5, 5.41) is 3.79. The lowest BCUT2D eigenvalue weighted by Gasteiger charge is -2.50. The van der Waals surface area contributed by atoms with E-state index in [2.05, 4.69) is 44.7 Å². The number of hydrogen-bond acceptors (Lipinski definition) is 4. The van der Waals surface area contributed by atoms with Gasteiger partial charge in [0.05, 0.1) is 0 Å². The maximum absolute atomic E-state index is 4.58. The van der Waals surface area contributed by atoms with Crippen LogP contribution in [0.2, 0.25) is 0 Å². The van der Waals surface area contributed by atoms with Crippen molar-refractivity contribution in [1.29, 1.82) is 0 Å². The Balaban J connectivity index is 1.71. The molecule has 118 valence electrons. The van der Waals surface area contributed by atoms with E-state index < -0.39 is 0 Å². The Morgan fingerprint density at radius 2 is 2.10 bits per heavy atom. The quantitative estimate of drug-likeness (QED) is 0.807. The van der Waals surface area contributed by atoms with Crippen LogP contribution in [0.5, 0.6) is 0 Å². The largest absolute Gasteiger partial charge is 0.335 e. The molecular weight excluding hydrogens is 262 g/mol. The van der Waals surface area contributed by atoms with E-state index in [1.165, 1.54) is 45.0 Å². The Kier molecular flexibility index (Phi) is 4.93. The zero-order valence-corrected chi connectivity index (χ0v) is 13.5. The zero-order chi connectivity index (χ0) is 14.7. The summed E-state index contributed by atoms with van der Waals surface area (Å²) in [6.45, 7) is 12.7. The molecule has 4 rings (SSSR count). The average Bonchev–Trinajstić information content (AvgIpc) is 2.99. The summed E-state index contributed by atoms with van der Waals surface area (Å²) in [4.78, 5) is 9.89. The molecule has 2 atom stereocenters. The zero-order valence-electron chi connectivity index (χ0n) is 13.5. The summed E-state index contributed by atoms with van der Waals surface area (Å²) in [7, 11) is 0. The molecule has 0 aromatic carbocycles. The van der Waals surface area contributed by atoms with Gasteiger partial charge in [0.2, 0.25) is 0 Å². The van der Waals surface area contributed by atoms with Gasteiger partial charge in [-0.2, -0.15) is 0 Å². The Bertz CT molecular complexity index is 436. The fourth-order valence-electron chi connectivity index (χ4n) is 3.73. The third-order valence-corrected chi connectivity index (χ3v) is 4.99. The Morgan fingerprint density at radius 3 is 2.71 bits per heavy atom. The first-order valence-corrected chi connectivity index (χ1v) is 8.51. The van der Waals surface area contributed by atoms with E-state index >= 15 is 0 Å². The number of rotatable bonds is 7. The molecule has 0 radical (unpaired) electrons. The lowest BCUT2D eigenvalue weighted by molar-refractivity contribution is -0.00347. The molecule has 3 fully saturated rings. The number of hydrogen-bond donors (Lipinski definition) is 1. The number of piperazine rings is 3. The van der Waals surface area contributed by atoms with Crippen LogP contribution < -0.4 is 5.32 Å². The topological polar surface area (TPSA) is 36.3 Å². The highest BCUT2D eigenvalue weighted by molar-refractivity contribution is 5.02. The number of aryl methyl sites for hydroxylation is 1. The van der Waals surface area contributed by atoms with Crippen LogP contribution in [0.15, 0.2) is 12.4 Å². The molecule has 5 nitrogen and oxygen atoms in total. The third kappa shape index (κ3) is 3.30. The maximum atomic E-state index is 4.58. The van der Waals surface area contributed by atoms with Crippen LogP contribution >= 0.6 is 0 Å². The van der Waals surface area contributed by atoms with Crippen molar-refractivity contribution in [3.8, 4) is 0 Å². The predicted octanol–water partition coefficient (Wildman–Crippen LogP) is 0.814. The summed E-state index contributed by atoms with van der Waals surface area (Å²) >= 11 is 0. The molecule has 3 aliphatic heterocycles. The molecule has 2 bridgehead atoms. The molecule has 1 aromatic rings. The molecule has 1 N–H and O–H groups in total. The molecule has 21 heavy (non-hydrogen) atoms. The monoisotopic (exact) mass is 291 g/mol. The summed E-state index contributed by atoms with van der Waals surface area (Å²) in [6.07, 6.45) is 6.26. The molecule has 3 saturated heterocycles. The lowest BCUT2D eigenvalue weighted by atomic mass is 9.97. The first-order valence-electron chi connectivity index (χ1n) is 8.51. The normalized spacial score (nSPS) is 29.7. The van der Waals surface area contributed by atoms with E-state index in [1.807, 2.05) is 6.20 Å². The van der Waals surface area contributed by atoms with Gasteiger partial charge in [-0.15, -0.1) is 0 Å². The fourth-order valence-corrected chi connectivity index (χ4v) is 3.73. The second-order valence-electron chi connectivity index (χ2n) is 6.30. The smallest absolute Gasteiger partial charge is 0.110 e. The highest BCUT2D eigenvalue weighted by Crippen LogP contribution is 2.20. The van der Waals surface area contributed by atoms with E-state index in [4.69, 9.17) is 0 Å². The fraction of sp³-hybridized carbons (Fsp3) is 0.812. The van der Waals surface area contributed by atoms with Crippen molar-refractivity contribution in [3.05, 3.63) is 18.2 Å². The van der Waals surface area contributed by atoms with Crippen LogP contribution in [0.3, 0.4) is 0 Å². The van der Waals surface area contributed by atoms with Crippen LogP contribution in [0.25, 0.3) is 0 Å². The molecule has 0 amide bonds. The molecule has 0 saturated carbocycles. The summed E-state index contributed by atoms with van der Waals surface area (Å²) in [5.74, 6) is 1.23. The van der Waals surface area contributed by atoms with Gasteiger partial charge in [0.15, 0.2) is 0 Å². The average molecular weight is 291 g/mol. The highest BCUT2D eigenvalue weighted by atomic mass is 15.4. The molecule has 1 aromatic heterocycles. The second kappa shape index (κ2) is 6.90. The van der Waals surface area contributed by atoms with Crippen LogP contribution in [0.4, 0.5) is 0 Å². The number of nitrogens with one attached hydrogen (secondary N) is 1. The standard InChI is InChI=1S/C16H29N5/c1-3-5-17-14(12-16-18-6-7-20(16)4-2)15-13-19-8-10-21(15)11-9-19/h6-7,14-15,17H,3-5,8-13H2,1-2H3. The van der Waals surface area contributed by atoms with Crippen molar-refractivity contribution in [2.75, 3.05) is 39.3 Å². The third-order valence-electron chi connectivity index (χ3n) is 4.99. The van der Waals surface area contributed by atoms with Crippen LogP contribution in [-0.4, -0.2) is 70.7 Å². The van der Waals surface area contributed by atoms with E-state index in [-0.39, 0.29) is 0 Å². The lowest BCUT2D eigenvalue weighted by Crippen LogP contribution is -2.66. The molecule has 5 heteroatoms. The summed E-state index contributed by atoms with van der Waals surface area (Å²) < 4.78 is 2.28. The van der Waals surface area contributed by atoms with Gasteiger partial charge in [0.1, 0.15) is 5.82 Å². The minimum atomic E-state index is 0.515. The highest BCUT2D eigenvalue weighted by Gasteiger charge is 2.36. The van der Waals surface area contributed by atoms with Gasteiger partial charge in [0.25, 0.3) is 0 Å². The van der Waals surface area contributed by atoms with Crippen molar-refractivity contribution in [2.24, 2.45) is 0 Å². The molecule has 0 spiro atoms.